The van der Waals surface area contributed by atoms with Crippen molar-refractivity contribution in [2.75, 3.05) is 32.3 Å². The number of pyridine rings is 1. The van der Waals surface area contributed by atoms with Crippen LogP contribution in [-0.4, -0.2) is 69.4 Å². The summed E-state index contributed by atoms with van der Waals surface area (Å²) in [6.45, 7) is 1.66. The molecule has 0 saturated carbocycles. The average molecular weight is 475 g/mol. The molecule has 0 aromatic carbocycles. The third-order valence-corrected chi connectivity index (χ3v) is 6.69. The Balaban J connectivity index is 1.75. The van der Waals surface area contributed by atoms with Gasteiger partial charge in [-0.3, -0.25) is 14.6 Å². The molecule has 2 amide bonds. The first kappa shape index (κ1) is 23.4. The van der Waals surface area contributed by atoms with Crippen molar-refractivity contribution in [3.8, 4) is 11.4 Å². The molecule has 3 aromatic rings. The minimum absolute atomic E-state index is 0.0353. The highest BCUT2D eigenvalue weighted by atomic mass is 32.2. The van der Waals surface area contributed by atoms with Crippen molar-refractivity contribution in [3.63, 3.8) is 0 Å². The van der Waals surface area contributed by atoms with E-state index in [0.29, 0.717) is 21.4 Å². The number of thiophene rings is 1. The largest absolute Gasteiger partial charge is 0.465 e. The molecule has 0 aliphatic heterocycles. The van der Waals surface area contributed by atoms with Crippen LogP contribution in [0.3, 0.4) is 0 Å². The average Bonchev–Trinajstić information content (AvgIpc) is 3.31. The molecule has 0 unspecified atom stereocenters. The molecular formula is C20H22N6O4S2. The molecule has 0 bridgehead atoms. The third-order valence-electron chi connectivity index (χ3n) is 4.48. The van der Waals surface area contributed by atoms with E-state index in [0.717, 1.165) is 16.9 Å². The predicted molar refractivity (Wildman–Crippen MR) is 122 cm³/mol. The second-order valence-electron chi connectivity index (χ2n) is 6.90. The molecule has 3 rings (SSSR count). The molecule has 10 nitrogen and oxygen atoms in total. The summed E-state index contributed by atoms with van der Waals surface area (Å²) in [4.78, 5) is 43.2. The standard InChI is InChI=1S/C20H22N6O4S2/c1-11-14(19(29)30-5)17(32-15(11)18(28)25(2)3)22-13(27)10-31-20-24-23-16(26(20)4)12-7-6-8-21-9-12/h6-9H,10H2,1-5H3,(H,22,27). The van der Waals surface area contributed by atoms with Crippen molar-refractivity contribution in [1.29, 1.82) is 0 Å². The van der Waals surface area contributed by atoms with E-state index in [4.69, 9.17) is 4.74 Å². The van der Waals surface area contributed by atoms with E-state index in [2.05, 4.69) is 20.5 Å². The second-order valence-corrected chi connectivity index (χ2v) is 8.86. The van der Waals surface area contributed by atoms with Crippen LogP contribution in [0.1, 0.15) is 25.6 Å². The van der Waals surface area contributed by atoms with Gasteiger partial charge in [0.25, 0.3) is 5.91 Å². The second kappa shape index (κ2) is 9.92. The van der Waals surface area contributed by atoms with Gasteiger partial charge in [0.05, 0.1) is 23.3 Å². The lowest BCUT2D eigenvalue weighted by molar-refractivity contribution is -0.113. The molecule has 1 N–H and O–H groups in total. The molecule has 0 saturated heterocycles. The molecule has 32 heavy (non-hydrogen) atoms. The maximum absolute atomic E-state index is 12.6. The number of hydrogen-bond acceptors (Lipinski definition) is 9. The van der Waals surface area contributed by atoms with E-state index >= 15 is 0 Å². The maximum Gasteiger partial charge on any atom is 0.341 e. The van der Waals surface area contributed by atoms with Gasteiger partial charge in [-0.15, -0.1) is 21.5 Å². The molecule has 0 fully saturated rings. The van der Waals surface area contributed by atoms with Crippen LogP contribution >= 0.6 is 23.1 Å². The Kier molecular flexibility index (Phi) is 7.26. The topological polar surface area (TPSA) is 119 Å². The lowest BCUT2D eigenvalue weighted by atomic mass is 10.1. The zero-order valence-corrected chi connectivity index (χ0v) is 19.8. The molecule has 0 aliphatic carbocycles. The number of carbonyl (C=O) groups excluding carboxylic acids is 3. The predicted octanol–water partition coefficient (Wildman–Crippen LogP) is 2.47. The van der Waals surface area contributed by atoms with E-state index in [1.54, 1.807) is 45.0 Å². The number of esters is 1. The third kappa shape index (κ3) is 4.81. The number of hydrogen-bond donors (Lipinski definition) is 1. The Labute approximate surface area is 193 Å². The Morgan fingerprint density at radius 1 is 1.28 bits per heavy atom. The first-order valence-electron chi connectivity index (χ1n) is 9.40. The number of carbonyl (C=O) groups is 3. The van der Waals surface area contributed by atoms with Gasteiger partial charge in [0.2, 0.25) is 5.91 Å². The van der Waals surface area contributed by atoms with Gasteiger partial charge >= 0.3 is 5.97 Å². The van der Waals surface area contributed by atoms with Crippen LogP contribution in [0, 0.1) is 6.92 Å². The molecule has 0 atom stereocenters. The summed E-state index contributed by atoms with van der Waals surface area (Å²) >= 11 is 2.25. The summed E-state index contributed by atoms with van der Waals surface area (Å²) < 4.78 is 6.62. The lowest BCUT2D eigenvalue weighted by Gasteiger charge is -2.08. The fourth-order valence-corrected chi connectivity index (χ4v) is 4.78. The van der Waals surface area contributed by atoms with Crippen molar-refractivity contribution in [2.24, 2.45) is 7.05 Å². The Morgan fingerprint density at radius 2 is 2.03 bits per heavy atom. The molecule has 3 aromatic heterocycles. The van der Waals surface area contributed by atoms with Crippen molar-refractivity contribution >= 4 is 45.9 Å². The van der Waals surface area contributed by atoms with Crippen molar-refractivity contribution in [3.05, 3.63) is 40.5 Å². The molecule has 3 heterocycles. The zero-order chi connectivity index (χ0) is 23.4. The smallest absolute Gasteiger partial charge is 0.341 e. The number of aromatic nitrogens is 4. The maximum atomic E-state index is 12.6. The summed E-state index contributed by atoms with van der Waals surface area (Å²) in [6, 6.07) is 3.68. The molecular weight excluding hydrogens is 452 g/mol. The fourth-order valence-electron chi connectivity index (χ4n) is 2.84. The number of rotatable bonds is 7. The summed E-state index contributed by atoms with van der Waals surface area (Å²) in [7, 11) is 6.30. The van der Waals surface area contributed by atoms with Gasteiger partial charge in [-0.05, 0) is 24.6 Å². The van der Waals surface area contributed by atoms with Crippen LogP contribution in [0.15, 0.2) is 29.7 Å². The highest BCUT2D eigenvalue weighted by Crippen LogP contribution is 2.34. The van der Waals surface area contributed by atoms with E-state index in [1.165, 1.54) is 23.8 Å². The summed E-state index contributed by atoms with van der Waals surface area (Å²) in [5, 5.41) is 11.9. The number of anilines is 1. The highest BCUT2D eigenvalue weighted by molar-refractivity contribution is 7.99. The molecule has 12 heteroatoms. The first-order valence-corrected chi connectivity index (χ1v) is 11.2. The monoisotopic (exact) mass is 474 g/mol. The Hall–Kier alpha value is -3.25. The zero-order valence-electron chi connectivity index (χ0n) is 18.2. The van der Waals surface area contributed by atoms with Gasteiger partial charge in [0, 0.05) is 39.1 Å². The summed E-state index contributed by atoms with van der Waals surface area (Å²) in [5.41, 5.74) is 1.46. The van der Waals surface area contributed by atoms with Gasteiger partial charge in [0.1, 0.15) is 5.00 Å². The van der Waals surface area contributed by atoms with Gasteiger partial charge < -0.3 is 19.5 Å². The first-order chi connectivity index (χ1) is 15.2. The van der Waals surface area contributed by atoms with Crippen LogP contribution in [0.4, 0.5) is 5.00 Å². The molecule has 0 aliphatic rings. The van der Waals surface area contributed by atoms with E-state index < -0.39 is 5.97 Å². The quantitative estimate of drug-likeness (QED) is 0.410. The number of nitrogens with zero attached hydrogens (tertiary/aromatic N) is 5. The lowest BCUT2D eigenvalue weighted by Crippen LogP contribution is -2.21. The highest BCUT2D eigenvalue weighted by Gasteiger charge is 2.27. The van der Waals surface area contributed by atoms with Crippen LogP contribution in [-0.2, 0) is 16.6 Å². The van der Waals surface area contributed by atoms with Crippen molar-refractivity contribution in [1.82, 2.24) is 24.6 Å². The van der Waals surface area contributed by atoms with E-state index in [1.807, 2.05) is 12.1 Å². The number of ether oxygens (including phenoxy) is 1. The normalized spacial score (nSPS) is 10.7. The van der Waals surface area contributed by atoms with Crippen LogP contribution in [0.5, 0.6) is 0 Å². The molecule has 0 radical (unpaired) electrons. The summed E-state index contributed by atoms with van der Waals surface area (Å²) in [5.74, 6) is -0.553. The van der Waals surface area contributed by atoms with Gasteiger partial charge in [-0.1, -0.05) is 11.8 Å². The van der Waals surface area contributed by atoms with Gasteiger partial charge in [-0.2, -0.15) is 0 Å². The fraction of sp³-hybridized carbons (Fsp3) is 0.300. The minimum atomic E-state index is -0.617. The molecule has 0 spiro atoms. The van der Waals surface area contributed by atoms with E-state index in [-0.39, 0.29) is 28.1 Å². The number of amides is 2. The van der Waals surface area contributed by atoms with Gasteiger partial charge in [-0.25, -0.2) is 4.79 Å². The van der Waals surface area contributed by atoms with Crippen LogP contribution in [0.2, 0.25) is 0 Å². The van der Waals surface area contributed by atoms with Crippen molar-refractivity contribution in [2.45, 2.75) is 12.1 Å². The number of nitrogens with one attached hydrogen (secondary N) is 1. The number of methoxy groups -OCH3 is 1. The van der Waals surface area contributed by atoms with Crippen molar-refractivity contribution < 1.29 is 19.1 Å². The van der Waals surface area contributed by atoms with E-state index in [9.17, 15) is 14.4 Å². The Bertz CT molecular complexity index is 1160. The minimum Gasteiger partial charge on any atom is -0.465 e. The van der Waals surface area contributed by atoms with Crippen LogP contribution < -0.4 is 5.32 Å². The summed E-state index contributed by atoms with van der Waals surface area (Å²) in [6.07, 6.45) is 3.36. The molecule has 168 valence electrons. The SMILES string of the molecule is COC(=O)c1c(NC(=O)CSc2nnc(-c3cccnc3)n2C)sc(C(=O)N(C)C)c1C. The van der Waals surface area contributed by atoms with Gasteiger partial charge in [0.15, 0.2) is 11.0 Å². The van der Waals surface area contributed by atoms with Crippen LogP contribution in [0.25, 0.3) is 11.4 Å². The Morgan fingerprint density at radius 3 is 2.66 bits per heavy atom. The number of thioether (sulfide) groups is 1.